The summed E-state index contributed by atoms with van der Waals surface area (Å²) >= 11 is 0. The molecule has 30 heavy (non-hydrogen) atoms. The third-order valence-electron chi connectivity index (χ3n) is 5.61. The number of hydrogen-bond acceptors (Lipinski definition) is 5. The number of benzene rings is 3. The van der Waals surface area contributed by atoms with Crippen molar-refractivity contribution < 1.29 is 24.9 Å². The van der Waals surface area contributed by atoms with Crippen molar-refractivity contribution >= 4 is 5.78 Å². The Bertz CT molecular complexity index is 1060. The van der Waals surface area contributed by atoms with E-state index in [0.29, 0.717) is 18.4 Å². The van der Waals surface area contributed by atoms with Gasteiger partial charge < -0.3 is 20.1 Å². The van der Waals surface area contributed by atoms with Gasteiger partial charge in [-0.15, -0.1) is 0 Å². The molecule has 0 spiro atoms. The molecule has 3 aromatic rings. The van der Waals surface area contributed by atoms with Crippen LogP contribution in [0, 0.1) is 5.92 Å². The highest BCUT2D eigenvalue weighted by atomic mass is 16.5. The first kappa shape index (κ1) is 19.8. The summed E-state index contributed by atoms with van der Waals surface area (Å²) in [5.74, 6) is -0.130. The Labute approximate surface area is 175 Å². The molecule has 0 fully saturated rings. The second kappa shape index (κ2) is 8.11. The van der Waals surface area contributed by atoms with Crippen LogP contribution in [0.1, 0.15) is 46.5 Å². The lowest BCUT2D eigenvalue weighted by Crippen LogP contribution is -2.25. The standard InChI is InChI=1S/C25H24O5/c1-15-13-19-21(28)14-22(29)23(20(27)12-7-16-5-3-2-4-6-16)25(19)30-24(15)17-8-10-18(26)11-9-17/h2-6,8-11,14-15,24,26,28-29H,7,12-13H2,1H3. The molecule has 5 nitrogen and oxygen atoms in total. The highest BCUT2D eigenvalue weighted by Gasteiger charge is 2.34. The van der Waals surface area contributed by atoms with Gasteiger partial charge in [-0.3, -0.25) is 4.79 Å². The van der Waals surface area contributed by atoms with E-state index in [0.717, 1.165) is 11.1 Å². The smallest absolute Gasteiger partial charge is 0.170 e. The topological polar surface area (TPSA) is 87.0 Å². The summed E-state index contributed by atoms with van der Waals surface area (Å²) < 4.78 is 6.21. The fourth-order valence-electron chi connectivity index (χ4n) is 4.03. The molecular formula is C25H24O5. The number of phenols is 3. The van der Waals surface area contributed by atoms with Gasteiger partial charge in [-0.05, 0) is 36.1 Å². The van der Waals surface area contributed by atoms with Gasteiger partial charge in [0.05, 0.1) is 0 Å². The predicted molar refractivity (Wildman–Crippen MR) is 113 cm³/mol. The number of carbonyl (C=O) groups is 1. The molecule has 1 heterocycles. The van der Waals surface area contributed by atoms with E-state index < -0.39 is 0 Å². The van der Waals surface area contributed by atoms with Crippen molar-refractivity contribution in [1.29, 1.82) is 0 Å². The summed E-state index contributed by atoms with van der Waals surface area (Å²) in [6.07, 6.45) is 0.913. The molecule has 0 saturated carbocycles. The zero-order valence-corrected chi connectivity index (χ0v) is 16.7. The quantitative estimate of drug-likeness (QED) is 0.525. The lowest BCUT2D eigenvalue weighted by Gasteiger charge is -2.33. The number of hydrogen-bond donors (Lipinski definition) is 3. The number of carbonyl (C=O) groups excluding carboxylic acids is 1. The van der Waals surface area contributed by atoms with E-state index in [-0.39, 0.29) is 52.8 Å². The van der Waals surface area contributed by atoms with Gasteiger partial charge in [0.1, 0.15) is 34.7 Å². The van der Waals surface area contributed by atoms with Gasteiger partial charge in [0.25, 0.3) is 0 Å². The number of Topliss-reactive ketones (excluding diaryl/α,β-unsaturated/α-hetero) is 1. The fourth-order valence-corrected chi connectivity index (χ4v) is 4.03. The molecule has 5 heteroatoms. The molecule has 0 aromatic heterocycles. The largest absolute Gasteiger partial charge is 0.508 e. The van der Waals surface area contributed by atoms with Crippen molar-refractivity contribution in [1.82, 2.24) is 0 Å². The van der Waals surface area contributed by atoms with Crippen molar-refractivity contribution in [2.24, 2.45) is 5.92 Å². The molecule has 0 saturated heterocycles. The molecule has 154 valence electrons. The Morgan fingerprint density at radius 1 is 1.00 bits per heavy atom. The maximum atomic E-state index is 13.0. The Morgan fingerprint density at radius 3 is 2.40 bits per heavy atom. The summed E-state index contributed by atoms with van der Waals surface area (Å²) in [7, 11) is 0. The first-order valence-corrected chi connectivity index (χ1v) is 10.0. The highest BCUT2D eigenvalue weighted by molar-refractivity contribution is 6.02. The molecular weight excluding hydrogens is 380 g/mol. The number of rotatable bonds is 5. The monoisotopic (exact) mass is 404 g/mol. The summed E-state index contributed by atoms with van der Waals surface area (Å²) in [5, 5.41) is 30.4. The SMILES string of the molecule is CC1Cc2c(O)cc(O)c(C(=O)CCc3ccccc3)c2OC1c1ccc(O)cc1. The summed E-state index contributed by atoms with van der Waals surface area (Å²) in [6.45, 7) is 2.00. The van der Waals surface area contributed by atoms with E-state index in [2.05, 4.69) is 0 Å². The summed E-state index contributed by atoms with van der Waals surface area (Å²) in [4.78, 5) is 13.0. The van der Waals surface area contributed by atoms with Gasteiger partial charge in [0.2, 0.25) is 0 Å². The molecule has 2 atom stereocenters. The Morgan fingerprint density at radius 2 is 1.70 bits per heavy atom. The predicted octanol–water partition coefficient (Wildman–Crippen LogP) is 4.93. The van der Waals surface area contributed by atoms with Crippen LogP contribution in [-0.4, -0.2) is 21.1 Å². The van der Waals surface area contributed by atoms with Crippen LogP contribution in [0.3, 0.4) is 0 Å². The van der Waals surface area contributed by atoms with Crippen molar-refractivity contribution in [3.8, 4) is 23.0 Å². The van der Waals surface area contributed by atoms with E-state index >= 15 is 0 Å². The molecule has 1 aliphatic rings. The normalized spacial score (nSPS) is 17.8. The van der Waals surface area contributed by atoms with E-state index in [9.17, 15) is 20.1 Å². The Balaban J connectivity index is 1.67. The van der Waals surface area contributed by atoms with Crippen LogP contribution < -0.4 is 4.74 Å². The van der Waals surface area contributed by atoms with Crippen LogP contribution in [-0.2, 0) is 12.8 Å². The Hall–Kier alpha value is -3.47. The fraction of sp³-hybridized carbons (Fsp3) is 0.240. The minimum Gasteiger partial charge on any atom is -0.508 e. The van der Waals surface area contributed by atoms with Gasteiger partial charge in [-0.2, -0.15) is 0 Å². The second-order valence-corrected chi connectivity index (χ2v) is 7.82. The van der Waals surface area contributed by atoms with Gasteiger partial charge in [-0.1, -0.05) is 49.4 Å². The van der Waals surface area contributed by atoms with E-state index in [1.165, 1.54) is 6.07 Å². The lowest BCUT2D eigenvalue weighted by molar-refractivity contribution is 0.0945. The zero-order valence-electron chi connectivity index (χ0n) is 16.7. The molecule has 0 radical (unpaired) electrons. The molecule has 3 N–H and O–H groups in total. The molecule has 0 amide bonds. The first-order valence-electron chi connectivity index (χ1n) is 10.0. The molecule has 0 bridgehead atoms. The Kier molecular flexibility index (Phi) is 5.36. The van der Waals surface area contributed by atoms with E-state index in [1.54, 1.807) is 24.3 Å². The minimum absolute atomic E-state index is 0.0322. The first-order chi connectivity index (χ1) is 14.4. The van der Waals surface area contributed by atoms with Gasteiger partial charge in [-0.25, -0.2) is 0 Å². The van der Waals surface area contributed by atoms with Gasteiger partial charge >= 0.3 is 0 Å². The van der Waals surface area contributed by atoms with Crippen molar-refractivity contribution in [3.05, 3.63) is 82.9 Å². The van der Waals surface area contributed by atoms with Crippen LogP contribution in [0.15, 0.2) is 60.7 Å². The van der Waals surface area contributed by atoms with Crippen LogP contribution in [0.25, 0.3) is 0 Å². The number of aryl methyl sites for hydroxylation is 1. The van der Waals surface area contributed by atoms with Crippen molar-refractivity contribution in [2.75, 3.05) is 0 Å². The molecule has 2 unspecified atom stereocenters. The van der Waals surface area contributed by atoms with Crippen LogP contribution >= 0.6 is 0 Å². The lowest BCUT2D eigenvalue weighted by atomic mass is 9.86. The highest BCUT2D eigenvalue weighted by Crippen LogP contribution is 2.47. The number of aromatic hydroxyl groups is 3. The number of ketones is 1. The summed E-state index contributed by atoms with van der Waals surface area (Å²) in [5.41, 5.74) is 2.55. The van der Waals surface area contributed by atoms with Crippen molar-refractivity contribution in [2.45, 2.75) is 32.3 Å². The van der Waals surface area contributed by atoms with Crippen LogP contribution in [0.5, 0.6) is 23.0 Å². The van der Waals surface area contributed by atoms with E-state index in [4.69, 9.17) is 4.74 Å². The number of ether oxygens (including phenoxy) is 1. The molecule has 4 rings (SSSR count). The van der Waals surface area contributed by atoms with Crippen LogP contribution in [0.4, 0.5) is 0 Å². The van der Waals surface area contributed by atoms with Crippen molar-refractivity contribution in [3.63, 3.8) is 0 Å². The molecule has 3 aromatic carbocycles. The van der Waals surface area contributed by atoms with Gasteiger partial charge in [0.15, 0.2) is 5.78 Å². The minimum atomic E-state index is -0.361. The zero-order chi connectivity index (χ0) is 21.3. The average molecular weight is 404 g/mol. The summed E-state index contributed by atoms with van der Waals surface area (Å²) in [6, 6.07) is 17.6. The van der Waals surface area contributed by atoms with Gasteiger partial charge in [0, 0.05) is 24.0 Å². The van der Waals surface area contributed by atoms with Crippen LogP contribution in [0.2, 0.25) is 0 Å². The number of fused-ring (bicyclic) bond motifs is 1. The molecule has 1 aliphatic heterocycles. The second-order valence-electron chi connectivity index (χ2n) is 7.82. The third kappa shape index (κ3) is 3.83. The van der Waals surface area contributed by atoms with E-state index in [1.807, 2.05) is 37.3 Å². The average Bonchev–Trinajstić information content (AvgIpc) is 2.74. The maximum Gasteiger partial charge on any atom is 0.170 e. The molecule has 0 aliphatic carbocycles. The number of phenolic OH excluding ortho intramolecular Hbond substituents is 3. The maximum absolute atomic E-state index is 13.0. The third-order valence-corrected chi connectivity index (χ3v) is 5.61.